The van der Waals surface area contributed by atoms with Crippen LogP contribution in [0, 0.1) is 12.7 Å². The van der Waals surface area contributed by atoms with Crippen molar-refractivity contribution in [2.75, 3.05) is 5.32 Å². The van der Waals surface area contributed by atoms with Crippen molar-refractivity contribution in [3.8, 4) is 5.69 Å². The number of para-hydroxylation sites is 1. The molecule has 0 radical (unpaired) electrons. The first kappa shape index (κ1) is 14.7. The molecule has 0 fully saturated rings. The monoisotopic (exact) mass is 337 g/mol. The van der Waals surface area contributed by atoms with E-state index in [1.165, 1.54) is 16.8 Å². The lowest BCUT2D eigenvalue weighted by Gasteiger charge is -2.11. The Kier molecular flexibility index (Phi) is 3.96. The number of halogens is 3. The second-order valence-electron chi connectivity index (χ2n) is 4.55. The van der Waals surface area contributed by atoms with E-state index in [9.17, 15) is 4.39 Å². The van der Waals surface area contributed by atoms with E-state index in [2.05, 4.69) is 20.8 Å². The maximum absolute atomic E-state index is 13.4. The first-order valence-electron chi connectivity index (χ1n) is 6.33. The molecule has 0 aliphatic rings. The van der Waals surface area contributed by atoms with Crippen LogP contribution < -0.4 is 5.32 Å². The summed E-state index contributed by atoms with van der Waals surface area (Å²) in [5.41, 5.74) is 2.26. The van der Waals surface area contributed by atoms with Gasteiger partial charge in [-0.1, -0.05) is 46.5 Å². The number of aryl methyl sites for hydroxylation is 1. The Morgan fingerprint density at radius 1 is 1.09 bits per heavy atom. The van der Waals surface area contributed by atoms with Crippen molar-refractivity contribution < 1.29 is 4.39 Å². The van der Waals surface area contributed by atoms with E-state index in [-0.39, 0.29) is 10.0 Å². The number of nitrogens with zero attached hydrogens (tertiary/aromatic N) is 4. The van der Waals surface area contributed by atoms with E-state index in [0.29, 0.717) is 11.6 Å². The predicted octanol–water partition coefficient (Wildman–Crippen LogP) is 4.16. The predicted molar refractivity (Wildman–Crippen MR) is 83.6 cm³/mol. The van der Waals surface area contributed by atoms with Crippen LogP contribution in [0.3, 0.4) is 0 Å². The fourth-order valence-electron chi connectivity index (χ4n) is 1.94. The van der Waals surface area contributed by atoms with Gasteiger partial charge in [0.15, 0.2) is 0 Å². The van der Waals surface area contributed by atoms with Crippen molar-refractivity contribution in [3.05, 3.63) is 57.8 Å². The molecule has 0 amide bonds. The number of aromatic nitrogens is 4. The van der Waals surface area contributed by atoms with Gasteiger partial charge in [-0.2, -0.15) is 4.68 Å². The third-order valence-corrected chi connectivity index (χ3v) is 3.95. The van der Waals surface area contributed by atoms with Gasteiger partial charge in [0.25, 0.3) is 5.95 Å². The zero-order chi connectivity index (χ0) is 15.7. The van der Waals surface area contributed by atoms with Gasteiger partial charge in [-0.25, -0.2) is 4.39 Å². The van der Waals surface area contributed by atoms with Gasteiger partial charge >= 0.3 is 0 Å². The average molecular weight is 338 g/mol. The summed E-state index contributed by atoms with van der Waals surface area (Å²) in [5.74, 6) is -0.254. The molecule has 3 rings (SSSR count). The number of anilines is 2. The van der Waals surface area contributed by atoms with Gasteiger partial charge < -0.3 is 5.32 Å². The summed E-state index contributed by atoms with van der Waals surface area (Å²) in [6, 6.07) is 10.4. The summed E-state index contributed by atoms with van der Waals surface area (Å²) in [4.78, 5) is 0. The molecule has 0 spiro atoms. The van der Waals surface area contributed by atoms with Crippen LogP contribution in [0.4, 0.5) is 16.0 Å². The first-order valence-corrected chi connectivity index (χ1v) is 7.08. The summed E-state index contributed by atoms with van der Waals surface area (Å²) in [5, 5.41) is 14.4. The topological polar surface area (TPSA) is 55.6 Å². The summed E-state index contributed by atoms with van der Waals surface area (Å²) < 4.78 is 14.8. The smallest absolute Gasteiger partial charge is 0.252 e. The van der Waals surface area contributed by atoms with Gasteiger partial charge in [0.1, 0.15) is 5.82 Å². The van der Waals surface area contributed by atoms with Crippen molar-refractivity contribution in [2.45, 2.75) is 6.92 Å². The van der Waals surface area contributed by atoms with Crippen LogP contribution in [0.25, 0.3) is 5.69 Å². The van der Waals surface area contributed by atoms with Gasteiger partial charge in [-0.15, -0.1) is 0 Å². The normalized spacial score (nSPS) is 10.7. The molecule has 0 saturated heterocycles. The number of hydrogen-bond donors (Lipinski definition) is 1. The minimum atomic E-state index is -0.600. The molecule has 1 N–H and O–H groups in total. The minimum Gasteiger partial charge on any atom is -0.322 e. The van der Waals surface area contributed by atoms with Crippen molar-refractivity contribution in [1.29, 1.82) is 0 Å². The lowest BCUT2D eigenvalue weighted by molar-refractivity contribution is 0.627. The highest BCUT2D eigenvalue weighted by Crippen LogP contribution is 2.32. The van der Waals surface area contributed by atoms with Crippen molar-refractivity contribution in [2.24, 2.45) is 0 Å². The molecule has 112 valence electrons. The Bertz CT molecular complexity index is 834. The van der Waals surface area contributed by atoms with E-state index in [0.717, 1.165) is 11.3 Å². The number of benzene rings is 2. The zero-order valence-corrected chi connectivity index (χ0v) is 12.9. The Morgan fingerprint density at radius 2 is 1.86 bits per heavy atom. The van der Waals surface area contributed by atoms with E-state index < -0.39 is 5.82 Å². The molecule has 0 unspecified atom stereocenters. The highest BCUT2D eigenvalue weighted by atomic mass is 35.5. The van der Waals surface area contributed by atoms with Crippen LogP contribution in [-0.2, 0) is 0 Å². The molecule has 5 nitrogen and oxygen atoms in total. The summed E-state index contributed by atoms with van der Waals surface area (Å²) in [6.07, 6.45) is 0. The van der Waals surface area contributed by atoms with Gasteiger partial charge in [0, 0.05) is 5.69 Å². The van der Waals surface area contributed by atoms with E-state index in [4.69, 9.17) is 23.2 Å². The molecular formula is C14H10Cl2FN5. The third-order valence-electron chi connectivity index (χ3n) is 3.10. The van der Waals surface area contributed by atoms with Crippen LogP contribution in [0.1, 0.15) is 5.56 Å². The molecule has 8 heteroatoms. The number of tetrazole rings is 1. The Hall–Kier alpha value is -2.18. The van der Waals surface area contributed by atoms with Gasteiger partial charge in [-0.3, -0.25) is 0 Å². The maximum atomic E-state index is 13.4. The van der Waals surface area contributed by atoms with Crippen molar-refractivity contribution in [3.63, 3.8) is 0 Å². The SMILES string of the molecule is Cc1ccccc1Nc1nnnn1-c1ccc(F)c(Cl)c1Cl. The molecule has 0 aliphatic carbocycles. The van der Waals surface area contributed by atoms with Crippen LogP contribution in [0.15, 0.2) is 36.4 Å². The third kappa shape index (κ3) is 2.63. The fraction of sp³-hybridized carbons (Fsp3) is 0.0714. The number of nitrogens with one attached hydrogen (secondary N) is 1. The van der Waals surface area contributed by atoms with Crippen LogP contribution in [0.2, 0.25) is 10.0 Å². The molecule has 0 bridgehead atoms. The molecular weight excluding hydrogens is 328 g/mol. The lowest BCUT2D eigenvalue weighted by Crippen LogP contribution is -2.05. The van der Waals surface area contributed by atoms with Gasteiger partial charge in [-0.05, 0) is 41.1 Å². The van der Waals surface area contributed by atoms with Gasteiger partial charge in [0.05, 0.1) is 15.7 Å². The van der Waals surface area contributed by atoms with Crippen molar-refractivity contribution >= 4 is 34.8 Å². The quantitative estimate of drug-likeness (QED) is 0.729. The standard InChI is InChI=1S/C14H10Cl2FN5/c1-8-4-2-3-5-10(8)18-14-19-20-21-22(14)11-7-6-9(17)12(15)13(11)16/h2-7H,1H3,(H,18,19,21). The second-order valence-corrected chi connectivity index (χ2v) is 5.30. The first-order chi connectivity index (χ1) is 10.6. The summed E-state index contributed by atoms with van der Waals surface area (Å²) in [6.45, 7) is 1.96. The van der Waals surface area contributed by atoms with Crippen LogP contribution in [0.5, 0.6) is 0 Å². The van der Waals surface area contributed by atoms with E-state index >= 15 is 0 Å². The molecule has 2 aromatic carbocycles. The Balaban J connectivity index is 2.03. The highest BCUT2D eigenvalue weighted by Gasteiger charge is 2.16. The van der Waals surface area contributed by atoms with Crippen LogP contribution in [-0.4, -0.2) is 20.2 Å². The largest absolute Gasteiger partial charge is 0.322 e. The molecule has 3 aromatic rings. The highest BCUT2D eigenvalue weighted by molar-refractivity contribution is 6.43. The molecule has 1 heterocycles. The molecule has 22 heavy (non-hydrogen) atoms. The second kappa shape index (κ2) is 5.90. The van der Waals surface area contributed by atoms with E-state index in [1.54, 1.807) is 0 Å². The number of rotatable bonds is 3. The molecule has 1 aromatic heterocycles. The fourth-order valence-corrected chi connectivity index (χ4v) is 2.33. The maximum Gasteiger partial charge on any atom is 0.252 e. The Morgan fingerprint density at radius 3 is 2.64 bits per heavy atom. The Labute approximate surface area is 135 Å². The molecule has 0 aliphatic heterocycles. The van der Waals surface area contributed by atoms with Crippen LogP contribution >= 0.6 is 23.2 Å². The lowest BCUT2D eigenvalue weighted by atomic mass is 10.2. The minimum absolute atomic E-state index is 0.0433. The van der Waals surface area contributed by atoms with Crippen molar-refractivity contribution in [1.82, 2.24) is 20.2 Å². The van der Waals surface area contributed by atoms with Gasteiger partial charge in [0.2, 0.25) is 0 Å². The summed E-state index contributed by atoms with van der Waals surface area (Å²) >= 11 is 11.9. The van der Waals surface area contributed by atoms with E-state index in [1.807, 2.05) is 31.2 Å². The molecule has 0 atom stereocenters. The summed E-state index contributed by atoms with van der Waals surface area (Å²) in [7, 11) is 0. The number of hydrogen-bond acceptors (Lipinski definition) is 4. The average Bonchev–Trinajstić information content (AvgIpc) is 2.95. The zero-order valence-electron chi connectivity index (χ0n) is 11.4. The molecule has 0 saturated carbocycles.